The van der Waals surface area contributed by atoms with Crippen LogP contribution in [0, 0.1) is 35.7 Å². The lowest BCUT2D eigenvalue weighted by Crippen LogP contribution is -2.30. The first kappa shape index (κ1) is 15.8. The third-order valence-electron chi connectivity index (χ3n) is 5.57. The zero-order valence-electron chi connectivity index (χ0n) is 14.1. The second kappa shape index (κ2) is 5.69. The number of halogens is 1. The van der Waals surface area contributed by atoms with E-state index < -0.39 is 0 Å². The summed E-state index contributed by atoms with van der Waals surface area (Å²) in [6, 6.07) is 7.98. The molecule has 1 heterocycles. The van der Waals surface area contributed by atoms with Gasteiger partial charge in [0.1, 0.15) is 11.5 Å². The predicted octanol–water partition coefficient (Wildman–Crippen LogP) is 5.18. The Morgan fingerprint density at radius 2 is 1.96 bits per heavy atom. The molecular weight excluding hydrogens is 319 g/mol. The molecule has 0 unspecified atom stereocenters. The molecule has 0 saturated carbocycles. The zero-order valence-corrected chi connectivity index (χ0v) is 14.1. The number of nitro groups is 1. The molecule has 5 heteroatoms. The number of benzene rings is 2. The van der Waals surface area contributed by atoms with Crippen molar-refractivity contribution in [2.24, 2.45) is 5.92 Å². The minimum absolute atomic E-state index is 0.0751. The van der Waals surface area contributed by atoms with E-state index >= 15 is 0 Å². The van der Waals surface area contributed by atoms with Gasteiger partial charge in [-0.2, -0.15) is 0 Å². The van der Waals surface area contributed by atoms with Crippen LogP contribution in [0.5, 0.6) is 0 Å². The normalized spacial score (nSPS) is 23.7. The van der Waals surface area contributed by atoms with Gasteiger partial charge in [-0.25, -0.2) is 4.39 Å². The number of nitro benzene ring substituents is 1. The Morgan fingerprint density at radius 3 is 2.64 bits per heavy atom. The summed E-state index contributed by atoms with van der Waals surface area (Å²) in [4.78, 5) is 11.3. The van der Waals surface area contributed by atoms with Crippen LogP contribution in [-0.4, -0.2) is 4.92 Å². The maximum absolute atomic E-state index is 13.3. The summed E-state index contributed by atoms with van der Waals surface area (Å²) in [6.07, 6.45) is 5.22. The van der Waals surface area contributed by atoms with Gasteiger partial charge < -0.3 is 5.32 Å². The van der Waals surface area contributed by atoms with E-state index in [9.17, 15) is 14.5 Å². The summed E-state index contributed by atoms with van der Waals surface area (Å²) in [5.74, 6) is 0.140. The van der Waals surface area contributed by atoms with Gasteiger partial charge in [0.2, 0.25) is 0 Å². The lowest BCUT2D eigenvalue weighted by molar-refractivity contribution is -0.384. The van der Waals surface area contributed by atoms with Crippen LogP contribution < -0.4 is 5.32 Å². The van der Waals surface area contributed by atoms with Crippen LogP contribution in [0.2, 0.25) is 0 Å². The average Bonchev–Trinajstić information content (AvgIpc) is 3.07. The number of aryl methyl sites for hydroxylation is 1. The molecule has 128 valence electrons. The molecule has 0 amide bonds. The highest BCUT2D eigenvalue weighted by molar-refractivity contribution is 5.74. The Labute approximate surface area is 145 Å². The van der Waals surface area contributed by atoms with Gasteiger partial charge in [-0.3, -0.25) is 10.1 Å². The number of nitrogens with zero attached hydrogens (tertiary/aromatic N) is 1. The Kier molecular flexibility index (Phi) is 3.60. The number of allylic oxidation sites excluding steroid dienone is 2. The van der Waals surface area contributed by atoms with E-state index in [1.54, 1.807) is 18.2 Å². The lowest BCUT2D eigenvalue weighted by atomic mass is 9.74. The van der Waals surface area contributed by atoms with Crippen LogP contribution in [-0.2, 0) is 0 Å². The standard InChI is InChI=1S/C20H19FN2O2/c1-11-10-17(23(24)25)20-18(12(11)2)15-4-3-5-16(15)19(22-20)13-6-8-14(21)9-7-13/h3-4,6-10,15-16,19,22H,5H2,1-2H3/t15-,16+,19-/m1/s1. The van der Waals surface area contributed by atoms with Crippen molar-refractivity contribution in [3.8, 4) is 0 Å². The fourth-order valence-corrected chi connectivity index (χ4v) is 4.22. The van der Waals surface area contributed by atoms with Crippen molar-refractivity contribution in [3.05, 3.63) is 80.7 Å². The summed E-state index contributed by atoms with van der Waals surface area (Å²) < 4.78 is 13.3. The molecule has 0 bridgehead atoms. The van der Waals surface area contributed by atoms with Crippen LogP contribution in [0.1, 0.15) is 40.6 Å². The number of hydrogen-bond donors (Lipinski definition) is 1. The fraction of sp³-hybridized carbons (Fsp3) is 0.300. The molecule has 1 aliphatic carbocycles. The van der Waals surface area contributed by atoms with Crippen LogP contribution in [0.4, 0.5) is 15.8 Å². The smallest absolute Gasteiger partial charge is 0.292 e. The molecule has 1 aliphatic heterocycles. The van der Waals surface area contributed by atoms with E-state index in [0.29, 0.717) is 5.69 Å². The Bertz CT molecular complexity index is 890. The lowest BCUT2D eigenvalue weighted by Gasteiger charge is -2.38. The maximum atomic E-state index is 13.3. The number of hydrogen-bond acceptors (Lipinski definition) is 3. The van der Waals surface area contributed by atoms with Gasteiger partial charge in [-0.05, 0) is 60.6 Å². The summed E-state index contributed by atoms with van der Waals surface area (Å²) in [5, 5.41) is 15.0. The summed E-state index contributed by atoms with van der Waals surface area (Å²) >= 11 is 0. The van der Waals surface area contributed by atoms with E-state index in [0.717, 1.165) is 28.7 Å². The van der Waals surface area contributed by atoms with E-state index in [4.69, 9.17) is 0 Å². The van der Waals surface area contributed by atoms with Gasteiger partial charge >= 0.3 is 0 Å². The van der Waals surface area contributed by atoms with Crippen molar-refractivity contribution in [1.82, 2.24) is 0 Å². The molecule has 2 aliphatic rings. The van der Waals surface area contributed by atoms with Crippen molar-refractivity contribution in [2.75, 3.05) is 5.32 Å². The van der Waals surface area contributed by atoms with Crippen molar-refractivity contribution in [1.29, 1.82) is 0 Å². The highest BCUT2D eigenvalue weighted by Crippen LogP contribution is 2.53. The second-order valence-electron chi connectivity index (χ2n) is 6.91. The van der Waals surface area contributed by atoms with E-state index in [1.165, 1.54) is 12.1 Å². The first-order valence-corrected chi connectivity index (χ1v) is 8.44. The molecule has 2 aromatic carbocycles. The monoisotopic (exact) mass is 338 g/mol. The third kappa shape index (κ3) is 2.42. The van der Waals surface area contributed by atoms with Crippen molar-refractivity contribution < 1.29 is 9.31 Å². The molecule has 2 aromatic rings. The fourth-order valence-electron chi connectivity index (χ4n) is 4.22. The number of anilines is 1. The Morgan fingerprint density at radius 1 is 1.24 bits per heavy atom. The van der Waals surface area contributed by atoms with Gasteiger partial charge in [0.05, 0.1) is 11.0 Å². The molecule has 4 nitrogen and oxygen atoms in total. The van der Waals surface area contributed by atoms with Gasteiger partial charge in [0.25, 0.3) is 5.69 Å². The first-order chi connectivity index (χ1) is 12.0. The van der Waals surface area contributed by atoms with Gasteiger partial charge in [-0.15, -0.1) is 0 Å². The Balaban J connectivity index is 1.90. The van der Waals surface area contributed by atoms with E-state index in [-0.39, 0.29) is 34.3 Å². The van der Waals surface area contributed by atoms with Crippen LogP contribution in [0.15, 0.2) is 42.5 Å². The third-order valence-corrected chi connectivity index (χ3v) is 5.57. The van der Waals surface area contributed by atoms with Crippen molar-refractivity contribution in [2.45, 2.75) is 32.2 Å². The molecule has 1 N–H and O–H groups in total. The largest absolute Gasteiger partial charge is 0.372 e. The quantitative estimate of drug-likeness (QED) is 0.466. The van der Waals surface area contributed by atoms with Gasteiger partial charge in [-0.1, -0.05) is 24.3 Å². The van der Waals surface area contributed by atoms with Gasteiger partial charge in [0.15, 0.2) is 0 Å². The number of nitrogens with one attached hydrogen (secondary N) is 1. The minimum Gasteiger partial charge on any atom is -0.372 e. The van der Waals surface area contributed by atoms with Crippen LogP contribution >= 0.6 is 0 Å². The van der Waals surface area contributed by atoms with Crippen LogP contribution in [0.3, 0.4) is 0 Å². The summed E-state index contributed by atoms with van der Waals surface area (Å²) in [7, 11) is 0. The maximum Gasteiger partial charge on any atom is 0.292 e. The van der Waals surface area contributed by atoms with Crippen molar-refractivity contribution >= 4 is 11.4 Å². The average molecular weight is 338 g/mol. The molecule has 0 spiro atoms. The molecular formula is C20H19FN2O2. The zero-order chi connectivity index (χ0) is 17.7. The number of fused-ring (bicyclic) bond motifs is 3. The molecule has 4 rings (SSSR count). The molecule has 0 radical (unpaired) electrons. The Hall–Kier alpha value is -2.69. The molecule has 3 atom stereocenters. The topological polar surface area (TPSA) is 55.2 Å². The van der Waals surface area contributed by atoms with E-state index in [1.807, 2.05) is 13.8 Å². The van der Waals surface area contributed by atoms with Crippen molar-refractivity contribution in [3.63, 3.8) is 0 Å². The summed E-state index contributed by atoms with van der Waals surface area (Å²) in [5.41, 5.74) is 4.75. The van der Waals surface area contributed by atoms with Crippen LogP contribution in [0.25, 0.3) is 0 Å². The minimum atomic E-state index is -0.320. The highest BCUT2D eigenvalue weighted by Gasteiger charge is 2.41. The second-order valence-corrected chi connectivity index (χ2v) is 6.91. The highest BCUT2D eigenvalue weighted by atomic mass is 19.1. The SMILES string of the molecule is Cc1cc([N+](=O)[O-])c2c(c1C)[C@@H]1C=CC[C@@H]1[C@@H](c1ccc(F)cc1)N2. The molecule has 0 fully saturated rings. The number of rotatable bonds is 2. The molecule has 0 aromatic heterocycles. The first-order valence-electron chi connectivity index (χ1n) is 8.44. The van der Waals surface area contributed by atoms with E-state index in [2.05, 4.69) is 17.5 Å². The molecule has 25 heavy (non-hydrogen) atoms. The van der Waals surface area contributed by atoms with Gasteiger partial charge in [0, 0.05) is 12.0 Å². The molecule has 0 saturated heterocycles. The predicted molar refractivity (Wildman–Crippen MR) is 95.3 cm³/mol. The summed E-state index contributed by atoms with van der Waals surface area (Å²) in [6.45, 7) is 3.95.